The highest BCUT2D eigenvalue weighted by atomic mass is 16.5. The van der Waals surface area contributed by atoms with Gasteiger partial charge in [-0.1, -0.05) is 0 Å². The fourth-order valence-corrected chi connectivity index (χ4v) is 1.06. The number of aliphatic imine (C=N–C) groups is 1. The number of morpholine rings is 1. The molecular weight excluding hydrogens is 118 g/mol. The topological polar surface area (TPSA) is 36.9 Å². The third kappa shape index (κ3) is 0.799. The van der Waals surface area contributed by atoms with Gasteiger partial charge in [-0.15, -0.1) is 0 Å². The molecule has 0 aromatic carbocycles. The molecule has 0 spiro atoms. The average Bonchev–Trinajstić information content (AvgIpc) is 2.33. The van der Waals surface area contributed by atoms with Crippen LogP contribution >= 0.6 is 0 Å². The third-order valence-electron chi connectivity index (χ3n) is 1.57. The van der Waals surface area contributed by atoms with Gasteiger partial charge in [0.05, 0.1) is 19.6 Å². The molecule has 1 atom stereocenters. The van der Waals surface area contributed by atoms with Crippen molar-refractivity contribution in [2.45, 2.75) is 6.17 Å². The molecule has 1 fully saturated rings. The molecule has 2 aliphatic heterocycles. The molecule has 0 aliphatic carbocycles. The van der Waals surface area contributed by atoms with E-state index in [1.165, 1.54) is 0 Å². The number of hydrazine groups is 1. The Kier molecular flexibility index (Phi) is 1.13. The van der Waals surface area contributed by atoms with Crippen LogP contribution < -0.4 is 5.43 Å². The molecule has 0 aromatic rings. The van der Waals surface area contributed by atoms with Gasteiger partial charge < -0.3 is 10.2 Å². The Hall–Kier alpha value is -0.610. The molecule has 4 nitrogen and oxygen atoms in total. The summed E-state index contributed by atoms with van der Waals surface area (Å²) in [6.07, 6.45) is 1.96. The second kappa shape index (κ2) is 1.97. The zero-order valence-corrected chi connectivity index (χ0v) is 5.08. The van der Waals surface area contributed by atoms with Crippen molar-refractivity contribution in [3.63, 3.8) is 0 Å². The number of fused-ring (bicyclic) bond motifs is 1. The van der Waals surface area contributed by atoms with E-state index in [2.05, 4.69) is 15.4 Å². The molecule has 0 bridgehead atoms. The minimum absolute atomic E-state index is 0.235. The normalized spacial score (nSPS) is 34.0. The zero-order chi connectivity index (χ0) is 6.10. The van der Waals surface area contributed by atoms with E-state index in [-0.39, 0.29) is 6.17 Å². The van der Waals surface area contributed by atoms with Crippen LogP contribution in [0.1, 0.15) is 0 Å². The van der Waals surface area contributed by atoms with Gasteiger partial charge >= 0.3 is 0 Å². The van der Waals surface area contributed by atoms with Crippen LogP contribution in [0.4, 0.5) is 0 Å². The highest BCUT2D eigenvalue weighted by Gasteiger charge is 2.23. The monoisotopic (exact) mass is 127 g/mol. The Morgan fingerprint density at radius 3 is 3.67 bits per heavy atom. The van der Waals surface area contributed by atoms with Gasteiger partial charge in [-0.2, -0.15) is 5.01 Å². The molecule has 0 aromatic heterocycles. The predicted molar refractivity (Wildman–Crippen MR) is 32.9 cm³/mol. The predicted octanol–water partition coefficient (Wildman–Crippen LogP) is -0.809. The number of hydrogen-bond acceptors (Lipinski definition) is 4. The van der Waals surface area contributed by atoms with Crippen LogP contribution in [0, 0.1) is 0 Å². The Morgan fingerprint density at radius 1 is 1.78 bits per heavy atom. The molecule has 4 heteroatoms. The highest BCUT2D eigenvalue weighted by Crippen LogP contribution is 2.06. The highest BCUT2D eigenvalue weighted by molar-refractivity contribution is 5.55. The van der Waals surface area contributed by atoms with E-state index < -0.39 is 0 Å². The largest absolute Gasteiger partial charge is 0.376 e. The summed E-state index contributed by atoms with van der Waals surface area (Å²) >= 11 is 0. The second-order valence-corrected chi connectivity index (χ2v) is 2.16. The lowest BCUT2D eigenvalue weighted by molar-refractivity contribution is -0.00790. The standard InChI is InChI=1S/C5H9N3O/c1-2-9-3-5-6-4-7-8(1)5/h4-5H,1-3H2,(H,6,7). The maximum atomic E-state index is 5.19. The summed E-state index contributed by atoms with van der Waals surface area (Å²) in [6.45, 7) is 2.47. The van der Waals surface area contributed by atoms with Crippen molar-refractivity contribution in [3.8, 4) is 0 Å². The fourth-order valence-electron chi connectivity index (χ4n) is 1.06. The first-order valence-electron chi connectivity index (χ1n) is 3.09. The SMILES string of the molecule is C1=NC2COCCN2N1. The summed E-state index contributed by atoms with van der Waals surface area (Å²) in [7, 11) is 0. The molecule has 2 heterocycles. The van der Waals surface area contributed by atoms with Crippen molar-refractivity contribution in [1.29, 1.82) is 0 Å². The van der Waals surface area contributed by atoms with Gasteiger partial charge in [0.1, 0.15) is 6.17 Å². The first-order valence-corrected chi connectivity index (χ1v) is 3.09. The first-order chi connectivity index (χ1) is 4.47. The minimum atomic E-state index is 0.235. The second-order valence-electron chi connectivity index (χ2n) is 2.16. The van der Waals surface area contributed by atoms with E-state index in [0.717, 1.165) is 19.8 Å². The molecule has 0 radical (unpaired) electrons. The quantitative estimate of drug-likeness (QED) is 0.462. The zero-order valence-electron chi connectivity index (χ0n) is 5.08. The molecule has 2 aliphatic rings. The molecular formula is C5H9N3O. The van der Waals surface area contributed by atoms with E-state index in [0.29, 0.717) is 0 Å². The van der Waals surface area contributed by atoms with E-state index in [1.807, 2.05) is 0 Å². The summed E-state index contributed by atoms with van der Waals surface area (Å²) in [5.41, 5.74) is 3.02. The summed E-state index contributed by atoms with van der Waals surface area (Å²) in [6, 6.07) is 0. The number of rotatable bonds is 0. The Morgan fingerprint density at radius 2 is 2.78 bits per heavy atom. The number of ether oxygens (including phenoxy) is 1. The Labute approximate surface area is 53.5 Å². The van der Waals surface area contributed by atoms with Crippen LogP contribution in [0.15, 0.2) is 4.99 Å². The van der Waals surface area contributed by atoms with Gasteiger partial charge in [0, 0.05) is 6.54 Å². The van der Waals surface area contributed by atoms with Crippen LogP contribution in [0.3, 0.4) is 0 Å². The number of hydrogen-bond donors (Lipinski definition) is 1. The summed E-state index contributed by atoms with van der Waals surface area (Å²) < 4.78 is 5.19. The van der Waals surface area contributed by atoms with Gasteiger partial charge in [0.25, 0.3) is 0 Å². The summed E-state index contributed by atoms with van der Waals surface area (Å²) in [4.78, 5) is 4.12. The summed E-state index contributed by atoms with van der Waals surface area (Å²) in [5, 5.41) is 2.07. The van der Waals surface area contributed by atoms with Crippen molar-refractivity contribution in [2.24, 2.45) is 4.99 Å². The van der Waals surface area contributed by atoms with Crippen LogP contribution in [-0.4, -0.2) is 37.3 Å². The Bertz CT molecular complexity index is 136. The molecule has 0 amide bonds. The van der Waals surface area contributed by atoms with E-state index in [1.54, 1.807) is 6.34 Å². The average molecular weight is 127 g/mol. The molecule has 1 N–H and O–H groups in total. The number of nitrogens with one attached hydrogen (secondary N) is 1. The molecule has 50 valence electrons. The van der Waals surface area contributed by atoms with Crippen molar-refractivity contribution in [2.75, 3.05) is 19.8 Å². The van der Waals surface area contributed by atoms with Gasteiger partial charge in [-0.25, -0.2) is 0 Å². The van der Waals surface area contributed by atoms with Gasteiger partial charge in [0.2, 0.25) is 0 Å². The van der Waals surface area contributed by atoms with Crippen LogP contribution in [0.5, 0.6) is 0 Å². The Balaban J connectivity index is 2.03. The molecule has 1 unspecified atom stereocenters. The van der Waals surface area contributed by atoms with E-state index in [9.17, 15) is 0 Å². The number of nitrogens with zero attached hydrogens (tertiary/aromatic N) is 2. The van der Waals surface area contributed by atoms with Gasteiger partial charge in [0.15, 0.2) is 0 Å². The maximum Gasteiger partial charge on any atom is 0.144 e. The maximum absolute atomic E-state index is 5.19. The van der Waals surface area contributed by atoms with Crippen molar-refractivity contribution >= 4 is 6.34 Å². The fraction of sp³-hybridized carbons (Fsp3) is 0.800. The van der Waals surface area contributed by atoms with Crippen LogP contribution in [0.2, 0.25) is 0 Å². The lowest BCUT2D eigenvalue weighted by Crippen LogP contribution is -2.46. The van der Waals surface area contributed by atoms with Crippen molar-refractivity contribution in [1.82, 2.24) is 10.4 Å². The first kappa shape index (κ1) is 5.20. The molecule has 0 saturated carbocycles. The van der Waals surface area contributed by atoms with Crippen LogP contribution in [-0.2, 0) is 4.74 Å². The lowest BCUT2D eigenvalue weighted by atomic mass is 10.4. The minimum Gasteiger partial charge on any atom is -0.376 e. The molecule has 1 saturated heterocycles. The molecule has 2 rings (SSSR count). The van der Waals surface area contributed by atoms with Gasteiger partial charge in [-0.3, -0.25) is 4.99 Å². The summed E-state index contributed by atoms with van der Waals surface area (Å²) in [5.74, 6) is 0. The van der Waals surface area contributed by atoms with Gasteiger partial charge in [-0.05, 0) is 0 Å². The van der Waals surface area contributed by atoms with E-state index >= 15 is 0 Å². The van der Waals surface area contributed by atoms with E-state index in [4.69, 9.17) is 4.74 Å². The van der Waals surface area contributed by atoms with Crippen molar-refractivity contribution < 1.29 is 4.74 Å². The molecule has 9 heavy (non-hydrogen) atoms. The third-order valence-corrected chi connectivity index (χ3v) is 1.57. The van der Waals surface area contributed by atoms with Crippen LogP contribution in [0.25, 0.3) is 0 Å². The lowest BCUT2D eigenvalue weighted by Gasteiger charge is -2.26. The van der Waals surface area contributed by atoms with Crippen molar-refractivity contribution in [3.05, 3.63) is 0 Å². The smallest absolute Gasteiger partial charge is 0.144 e.